The zero-order valence-electron chi connectivity index (χ0n) is 14.4. The topological polar surface area (TPSA) is 64.9 Å². The van der Waals surface area contributed by atoms with Crippen molar-refractivity contribution in [2.45, 2.75) is 20.0 Å². The van der Waals surface area contributed by atoms with E-state index in [0.29, 0.717) is 11.8 Å². The molecular formula is C19H15ClF3N3O. The molecule has 0 saturated carbocycles. The summed E-state index contributed by atoms with van der Waals surface area (Å²) in [5.41, 5.74) is 1.19. The van der Waals surface area contributed by atoms with Crippen molar-refractivity contribution < 1.29 is 18.0 Å². The summed E-state index contributed by atoms with van der Waals surface area (Å²) >= 11 is 5.55. The Hall–Kier alpha value is -2.98. The monoisotopic (exact) mass is 393 g/mol. The maximum absolute atomic E-state index is 12.9. The number of nitrogens with zero attached hydrogens (tertiary/aromatic N) is 1. The number of alkyl halides is 3. The molecular weight excluding hydrogens is 379 g/mol. The van der Waals surface area contributed by atoms with Crippen LogP contribution in [0.3, 0.4) is 0 Å². The zero-order chi connectivity index (χ0) is 20.2. The Labute approximate surface area is 159 Å². The minimum atomic E-state index is -4.66. The van der Waals surface area contributed by atoms with E-state index in [1.165, 1.54) is 12.3 Å². The highest BCUT2D eigenvalue weighted by Gasteiger charge is 2.33. The molecule has 0 aromatic heterocycles. The quantitative estimate of drug-likeness (QED) is 0.537. The maximum atomic E-state index is 12.9. The lowest BCUT2D eigenvalue weighted by atomic mass is 10.1. The number of nitriles is 1. The summed E-state index contributed by atoms with van der Waals surface area (Å²) in [5.74, 6) is -0.842. The molecule has 2 aromatic carbocycles. The molecule has 2 N–H and O–H groups in total. The SMILES string of the molecule is Cc1cccc(N/C=C(/C#N)C(=O)Nc2ccc(Cl)c(C(F)(F)F)c2)c1C. The number of aryl methyl sites for hydroxylation is 1. The highest BCUT2D eigenvalue weighted by Crippen LogP contribution is 2.36. The van der Waals surface area contributed by atoms with Crippen LogP contribution in [0.25, 0.3) is 0 Å². The first-order chi connectivity index (χ1) is 12.6. The maximum Gasteiger partial charge on any atom is 0.417 e. The van der Waals surface area contributed by atoms with Gasteiger partial charge in [-0.25, -0.2) is 0 Å². The highest BCUT2D eigenvalue weighted by atomic mass is 35.5. The number of hydrogen-bond acceptors (Lipinski definition) is 3. The molecule has 2 aromatic rings. The highest BCUT2D eigenvalue weighted by molar-refractivity contribution is 6.31. The Morgan fingerprint density at radius 3 is 2.56 bits per heavy atom. The number of hydrogen-bond donors (Lipinski definition) is 2. The zero-order valence-corrected chi connectivity index (χ0v) is 15.2. The van der Waals surface area contributed by atoms with Crippen molar-refractivity contribution in [3.8, 4) is 6.07 Å². The summed E-state index contributed by atoms with van der Waals surface area (Å²) < 4.78 is 38.7. The van der Waals surface area contributed by atoms with E-state index in [2.05, 4.69) is 10.6 Å². The van der Waals surface area contributed by atoms with Gasteiger partial charge in [-0.15, -0.1) is 0 Å². The van der Waals surface area contributed by atoms with Crippen LogP contribution in [-0.2, 0) is 11.0 Å². The van der Waals surface area contributed by atoms with Gasteiger partial charge in [-0.1, -0.05) is 23.7 Å². The van der Waals surface area contributed by atoms with Gasteiger partial charge in [0.2, 0.25) is 0 Å². The van der Waals surface area contributed by atoms with Crippen molar-refractivity contribution in [2.24, 2.45) is 0 Å². The standard InChI is InChI=1S/C19H15ClF3N3O/c1-11-4-3-5-17(12(11)2)25-10-13(9-24)18(27)26-14-6-7-16(20)15(8-14)19(21,22)23/h3-8,10,25H,1-2H3,(H,26,27)/b13-10-. The largest absolute Gasteiger partial charge is 0.417 e. The van der Waals surface area contributed by atoms with E-state index in [0.717, 1.165) is 17.2 Å². The van der Waals surface area contributed by atoms with E-state index >= 15 is 0 Å². The second-order valence-corrected chi connectivity index (χ2v) is 6.12. The van der Waals surface area contributed by atoms with Crippen LogP contribution in [0, 0.1) is 25.2 Å². The van der Waals surface area contributed by atoms with E-state index in [9.17, 15) is 23.2 Å². The molecule has 8 heteroatoms. The van der Waals surface area contributed by atoms with Crippen molar-refractivity contribution >= 4 is 28.9 Å². The van der Waals surface area contributed by atoms with Crippen molar-refractivity contribution in [2.75, 3.05) is 10.6 Å². The summed E-state index contributed by atoms with van der Waals surface area (Å²) in [5, 5.41) is 13.8. The van der Waals surface area contributed by atoms with Crippen LogP contribution < -0.4 is 10.6 Å². The van der Waals surface area contributed by atoms with Crippen LogP contribution in [0.15, 0.2) is 48.2 Å². The molecule has 2 rings (SSSR count). The van der Waals surface area contributed by atoms with Gasteiger partial charge in [0.25, 0.3) is 5.91 Å². The molecule has 0 aliphatic carbocycles. The third kappa shape index (κ3) is 5.02. The Bertz CT molecular complexity index is 946. The van der Waals surface area contributed by atoms with Gasteiger partial charge in [0.05, 0.1) is 10.6 Å². The number of carbonyl (C=O) groups excluding carboxylic acids is 1. The fourth-order valence-electron chi connectivity index (χ4n) is 2.22. The van der Waals surface area contributed by atoms with Gasteiger partial charge in [-0.2, -0.15) is 18.4 Å². The number of benzene rings is 2. The van der Waals surface area contributed by atoms with E-state index in [1.807, 2.05) is 26.0 Å². The fourth-order valence-corrected chi connectivity index (χ4v) is 2.45. The predicted octanol–water partition coefficient (Wildman–Crippen LogP) is 5.43. The molecule has 0 unspecified atom stereocenters. The normalized spacial score (nSPS) is 11.7. The van der Waals surface area contributed by atoms with E-state index in [-0.39, 0.29) is 11.3 Å². The first-order valence-corrected chi connectivity index (χ1v) is 8.12. The summed E-state index contributed by atoms with van der Waals surface area (Å²) in [6, 6.07) is 10.2. The molecule has 0 saturated heterocycles. The molecule has 140 valence electrons. The number of amides is 1. The van der Waals surface area contributed by atoms with Crippen LogP contribution in [-0.4, -0.2) is 5.91 Å². The molecule has 0 aliphatic rings. The number of rotatable bonds is 4. The summed E-state index contributed by atoms with van der Waals surface area (Å²) in [7, 11) is 0. The smallest absolute Gasteiger partial charge is 0.360 e. The summed E-state index contributed by atoms with van der Waals surface area (Å²) in [4.78, 5) is 12.2. The Kier molecular flexibility index (Phi) is 6.13. The van der Waals surface area contributed by atoms with Crippen LogP contribution >= 0.6 is 11.6 Å². The number of carbonyl (C=O) groups is 1. The van der Waals surface area contributed by atoms with Crippen LogP contribution in [0.1, 0.15) is 16.7 Å². The number of nitrogens with one attached hydrogen (secondary N) is 2. The van der Waals surface area contributed by atoms with E-state index in [1.54, 1.807) is 12.1 Å². The summed E-state index contributed by atoms with van der Waals surface area (Å²) in [6.07, 6.45) is -3.45. The van der Waals surface area contributed by atoms with E-state index in [4.69, 9.17) is 11.6 Å². The van der Waals surface area contributed by atoms with Gasteiger partial charge >= 0.3 is 6.18 Å². The molecule has 0 aliphatic heterocycles. The van der Waals surface area contributed by atoms with Crippen molar-refractivity contribution in [3.63, 3.8) is 0 Å². The minimum absolute atomic E-state index is 0.121. The lowest BCUT2D eigenvalue weighted by Crippen LogP contribution is -2.15. The second kappa shape index (κ2) is 8.14. The molecule has 0 atom stereocenters. The average molecular weight is 394 g/mol. The Morgan fingerprint density at radius 1 is 1.22 bits per heavy atom. The lowest BCUT2D eigenvalue weighted by Gasteiger charge is -2.12. The molecule has 4 nitrogen and oxygen atoms in total. The van der Waals surface area contributed by atoms with Gasteiger partial charge in [0, 0.05) is 17.6 Å². The van der Waals surface area contributed by atoms with Crippen molar-refractivity contribution in [1.82, 2.24) is 0 Å². The molecule has 0 radical (unpaired) electrons. The molecule has 0 heterocycles. The summed E-state index contributed by atoms with van der Waals surface area (Å²) in [6.45, 7) is 3.80. The Morgan fingerprint density at radius 2 is 1.93 bits per heavy atom. The van der Waals surface area contributed by atoms with Crippen LogP contribution in [0.5, 0.6) is 0 Å². The van der Waals surface area contributed by atoms with Gasteiger partial charge in [0.15, 0.2) is 0 Å². The minimum Gasteiger partial charge on any atom is -0.360 e. The third-order valence-electron chi connectivity index (χ3n) is 3.87. The molecule has 0 bridgehead atoms. The van der Waals surface area contributed by atoms with Gasteiger partial charge in [0.1, 0.15) is 11.6 Å². The van der Waals surface area contributed by atoms with Crippen molar-refractivity contribution in [1.29, 1.82) is 5.26 Å². The molecule has 0 spiro atoms. The lowest BCUT2D eigenvalue weighted by molar-refractivity contribution is -0.137. The molecule has 0 fully saturated rings. The van der Waals surface area contributed by atoms with E-state index < -0.39 is 22.7 Å². The fraction of sp³-hybridized carbons (Fsp3) is 0.158. The van der Waals surface area contributed by atoms with Crippen LogP contribution in [0.2, 0.25) is 5.02 Å². The number of anilines is 2. The first-order valence-electron chi connectivity index (χ1n) is 7.74. The van der Waals surface area contributed by atoms with Gasteiger partial charge in [-0.3, -0.25) is 4.79 Å². The first kappa shape index (κ1) is 20.3. The molecule has 27 heavy (non-hydrogen) atoms. The van der Waals surface area contributed by atoms with Crippen LogP contribution in [0.4, 0.5) is 24.5 Å². The van der Waals surface area contributed by atoms with Crippen molar-refractivity contribution in [3.05, 3.63) is 69.9 Å². The second-order valence-electron chi connectivity index (χ2n) is 5.71. The third-order valence-corrected chi connectivity index (χ3v) is 4.20. The Balaban J connectivity index is 2.21. The average Bonchev–Trinajstić information content (AvgIpc) is 2.59. The van der Waals surface area contributed by atoms with Gasteiger partial charge < -0.3 is 10.6 Å². The van der Waals surface area contributed by atoms with Gasteiger partial charge in [-0.05, 0) is 49.2 Å². The molecule has 1 amide bonds. The predicted molar refractivity (Wildman–Crippen MR) is 98.3 cm³/mol. The number of halogens is 4.